The Bertz CT molecular complexity index is 689. The van der Waals surface area contributed by atoms with E-state index in [9.17, 15) is 4.39 Å². The van der Waals surface area contributed by atoms with Crippen molar-refractivity contribution < 1.29 is 4.39 Å². The fourth-order valence-electron chi connectivity index (χ4n) is 2.43. The van der Waals surface area contributed by atoms with Crippen LogP contribution in [-0.4, -0.2) is 6.54 Å². The zero-order valence-corrected chi connectivity index (χ0v) is 10.9. The zero-order chi connectivity index (χ0) is 13.9. The van der Waals surface area contributed by atoms with E-state index < -0.39 is 5.82 Å². The zero-order valence-electron chi connectivity index (χ0n) is 10.9. The third-order valence-electron chi connectivity index (χ3n) is 3.42. The van der Waals surface area contributed by atoms with E-state index in [1.807, 2.05) is 18.2 Å². The second kappa shape index (κ2) is 5.22. The van der Waals surface area contributed by atoms with Crippen LogP contribution in [0.15, 0.2) is 36.4 Å². The molecule has 1 heterocycles. The number of anilines is 3. The predicted molar refractivity (Wildman–Crippen MR) is 77.7 cm³/mol. The number of hydrogen-bond donors (Lipinski definition) is 2. The highest BCUT2D eigenvalue weighted by Gasteiger charge is 2.10. The second-order valence-corrected chi connectivity index (χ2v) is 4.83. The number of hydrogen-bond acceptors (Lipinski definition) is 3. The van der Waals surface area contributed by atoms with Gasteiger partial charge in [0, 0.05) is 17.9 Å². The van der Waals surface area contributed by atoms with Gasteiger partial charge in [-0.15, -0.1) is 0 Å². The van der Waals surface area contributed by atoms with Crippen molar-refractivity contribution in [3.8, 4) is 6.07 Å². The van der Waals surface area contributed by atoms with Gasteiger partial charge in [-0.25, -0.2) is 4.39 Å². The van der Waals surface area contributed by atoms with Crippen molar-refractivity contribution in [2.45, 2.75) is 12.8 Å². The third-order valence-corrected chi connectivity index (χ3v) is 3.42. The summed E-state index contributed by atoms with van der Waals surface area (Å²) >= 11 is 0. The standard InChI is InChI=1S/C16H14FN3/c17-13-3-5-16(12(8-13)10-18)20-14-4-6-15-11(9-14)2-1-7-19-15/h3-6,8-9,19-20H,1-2,7H2. The SMILES string of the molecule is N#Cc1cc(F)ccc1Nc1ccc2c(c1)CCCN2. The fraction of sp³-hybridized carbons (Fsp3) is 0.188. The maximum atomic E-state index is 13.1. The summed E-state index contributed by atoms with van der Waals surface area (Å²) in [6.45, 7) is 1.01. The van der Waals surface area contributed by atoms with E-state index in [1.165, 1.54) is 23.4 Å². The van der Waals surface area contributed by atoms with Crippen LogP contribution >= 0.6 is 0 Å². The minimum absolute atomic E-state index is 0.306. The van der Waals surface area contributed by atoms with E-state index in [0.717, 1.165) is 25.1 Å². The molecule has 3 rings (SSSR count). The first-order valence-corrected chi connectivity index (χ1v) is 6.60. The van der Waals surface area contributed by atoms with Gasteiger partial charge in [-0.2, -0.15) is 5.26 Å². The molecule has 0 fully saturated rings. The Labute approximate surface area is 117 Å². The molecule has 0 radical (unpaired) electrons. The van der Waals surface area contributed by atoms with Crippen LogP contribution in [0.5, 0.6) is 0 Å². The lowest BCUT2D eigenvalue weighted by atomic mass is 10.0. The molecule has 3 nitrogen and oxygen atoms in total. The second-order valence-electron chi connectivity index (χ2n) is 4.83. The van der Waals surface area contributed by atoms with Gasteiger partial charge in [-0.3, -0.25) is 0 Å². The summed E-state index contributed by atoms with van der Waals surface area (Å²) in [4.78, 5) is 0. The molecule has 0 amide bonds. The first kappa shape index (κ1) is 12.5. The minimum Gasteiger partial charge on any atom is -0.385 e. The number of aryl methyl sites for hydroxylation is 1. The molecule has 0 aromatic heterocycles. The monoisotopic (exact) mass is 267 g/mol. The largest absolute Gasteiger partial charge is 0.385 e. The molecule has 0 saturated heterocycles. The summed E-state index contributed by atoms with van der Waals surface area (Å²) in [5, 5.41) is 15.6. The van der Waals surface area contributed by atoms with Gasteiger partial charge in [-0.05, 0) is 54.8 Å². The van der Waals surface area contributed by atoms with Crippen LogP contribution in [0, 0.1) is 17.1 Å². The van der Waals surface area contributed by atoms with E-state index in [0.29, 0.717) is 11.3 Å². The van der Waals surface area contributed by atoms with Crippen molar-refractivity contribution in [3.05, 3.63) is 53.3 Å². The first-order valence-electron chi connectivity index (χ1n) is 6.60. The Balaban J connectivity index is 1.90. The summed E-state index contributed by atoms with van der Waals surface area (Å²) in [5.41, 5.74) is 4.28. The highest BCUT2D eigenvalue weighted by atomic mass is 19.1. The van der Waals surface area contributed by atoms with Crippen LogP contribution in [0.1, 0.15) is 17.5 Å². The van der Waals surface area contributed by atoms with Crippen LogP contribution < -0.4 is 10.6 Å². The Hall–Kier alpha value is -2.54. The fourth-order valence-corrected chi connectivity index (χ4v) is 2.43. The van der Waals surface area contributed by atoms with Crippen LogP contribution in [-0.2, 0) is 6.42 Å². The van der Waals surface area contributed by atoms with E-state index in [-0.39, 0.29) is 0 Å². The molecule has 2 aromatic carbocycles. The summed E-state index contributed by atoms with van der Waals surface area (Å²) in [6, 6.07) is 12.3. The predicted octanol–water partition coefficient (Wildman–Crippen LogP) is 3.80. The van der Waals surface area contributed by atoms with Gasteiger partial charge < -0.3 is 10.6 Å². The molecule has 0 spiro atoms. The molecule has 2 N–H and O–H groups in total. The van der Waals surface area contributed by atoms with Crippen molar-refractivity contribution >= 4 is 17.1 Å². The number of halogens is 1. The smallest absolute Gasteiger partial charge is 0.124 e. The van der Waals surface area contributed by atoms with Gasteiger partial charge in [0.25, 0.3) is 0 Å². The van der Waals surface area contributed by atoms with Gasteiger partial charge in [0.2, 0.25) is 0 Å². The third kappa shape index (κ3) is 2.43. The minimum atomic E-state index is -0.401. The molecular weight excluding hydrogens is 253 g/mol. The number of rotatable bonds is 2. The van der Waals surface area contributed by atoms with Gasteiger partial charge in [0.15, 0.2) is 0 Å². The molecule has 4 heteroatoms. The highest BCUT2D eigenvalue weighted by Crippen LogP contribution is 2.28. The lowest BCUT2D eigenvalue weighted by Gasteiger charge is -2.19. The molecule has 0 bridgehead atoms. The number of benzene rings is 2. The van der Waals surface area contributed by atoms with Gasteiger partial charge in [0.1, 0.15) is 11.9 Å². The van der Waals surface area contributed by atoms with E-state index in [2.05, 4.69) is 16.7 Å². The van der Waals surface area contributed by atoms with Gasteiger partial charge in [-0.1, -0.05) is 0 Å². The first-order chi connectivity index (χ1) is 9.76. The summed E-state index contributed by atoms with van der Waals surface area (Å²) < 4.78 is 13.1. The molecule has 20 heavy (non-hydrogen) atoms. The Kier molecular flexibility index (Phi) is 3.26. The molecule has 2 aromatic rings. The molecule has 1 aliphatic rings. The van der Waals surface area contributed by atoms with Crippen molar-refractivity contribution in [1.29, 1.82) is 5.26 Å². The molecule has 0 aliphatic carbocycles. The molecule has 100 valence electrons. The van der Waals surface area contributed by atoms with Crippen molar-refractivity contribution in [1.82, 2.24) is 0 Å². The summed E-state index contributed by atoms with van der Waals surface area (Å²) in [6.07, 6.45) is 2.17. The van der Waals surface area contributed by atoms with Gasteiger partial charge in [0.05, 0.1) is 11.3 Å². The molecule has 0 atom stereocenters. The average Bonchev–Trinajstić information content (AvgIpc) is 2.49. The highest BCUT2D eigenvalue weighted by molar-refractivity contribution is 5.69. The number of nitriles is 1. The van der Waals surface area contributed by atoms with Crippen LogP contribution in [0.4, 0.5) is 21.5 Å². The van der Waals surface area contributed by atoms with E-state index in [1.54, 1.807) is 6.07 Å². The van der Waals surface area contributed by atoms with E-state index >= 15 is 0 Å². The summed E-state index contributed by atoms with van der Waals surface area (Å²) in [7, 11) is 0. The Morgan fingerprint density at radius 1 is 1.20 bits per heavy atom. The molecule has 1 aliphatic heterocycles. The number of nitrogens with zero attached hydrogens (tertiary/aromatic N) is 1. The summed E-state index contributed by atoms with van der Waals surface area (Å²) in [5.74, 6) is -0.401. The van der Waals surface area contributed by atoms with Crippen LogP contribution in [0.3, 0.4) is 0 Å². The quantitative estimate of drug-likeness (QED) is 0.870. The average molecular weight is 267 g/mol. The Morgan fingerprint density at radius 2 is 2.10 bits per heavy atom. The van der Waals surface area contributed by atoms with E-state index in [4.69, 9.17) is 5.26 Å². The number of fused-ring (bicyclic) bond motifs is 1. The van der Waals surface area contributed by atoms with Crippen molar-refractivity contribution in [3.63, 3.8) is 0 Å². The van der Waals surface area contributed by atoms with Crippen LogP contribution in [0.2, 0.25) is 0 Å². The van der Waals surface area contributed by atoms with Gasteiger partial charge >= 0.3 is 0 Å². The lowest BCUT2D eigenvalue weighted by molar-refractivity contribution is 0.627. The Morgan fingerprint density at radius 3 is 2.95 bits per heavy atom. The normalized spacial score (nSPS) is 13.0. The molecule has 0 saturated carbocycles. The number of nitrogens with one attached hydrogen (secondary N) is 2. The van der Waals surface area contributed by atoms with Crippen molar-refractivity contribution in [2.24, 2.45) is 0 Å². The topological polar surface area (TPSA) is 47.9 Å². The van der Waals surface area contributed by atoms with Crippen molar-refractivity contribution in [2.75, 3.05) is 17.2 Å². The lowest BCUT2D eigenvalue weighted by Crippen LogP contribution is -2.11. The maximum absolute atomic E-state index is 13.1. The molecule has 0 unspecified atom stereocenters. The van der Waals surface area contributed by atoms with Crippen LogP contribution in [0.25, 0.3) is 0 Å². The maximum Gasteiger partial charge on any atom is 0.124 e. The molecular formula is C16H14FN3.